The minimum atomic E-state index is 0.0953. The molecule has 1 N–H and O–H groups in total. The fourth-order valence-electron chi connectivity index (χ4n) is 4.97. The Kier molecular flexibility index (Phi) is 4.88. The molecule has 0 bridgehead atoms. The Morgan fingerprint density at radius 2 is 1.91 bits per heavy atom. The Bertz CT molecular complexity index is 402. The van der Waals surface area contributed by atoms with E-state index in [0.29, 0.717) is 17.9 Å². The number of carbonyl (C=O) groups excluding carboxylic acids is 1. The third-order valence-electron chi connectivity index (χ3n) is 6.39. The smallest absolute Gasteiger partial charge is 0.239 e. The first-order chi connectivity index (χ1) is 11.3. The summed E-state index contributed by atoms with van der Waals surface area (Å²) in [5.74, 6) is 1.82. The van der Waals surface area contributed by atoms with Gasteiger partial charge in [-0.3, -0.25) is 9.69 Å². The molecular weight excluding hydrogens is 290 g/mol. The van der Waals surface area contributed by atoms with E-state index >= 15 is 0 Å². The molecule has 4 fully saturated rings. The van der Waals surface area contributed by atoms with Crippen molar-refractivity contribution in [1.82, 2.24) is 15.1 Å². The van der Waals surface area contributed by atoms with E-state index in [1.165, 1.54) is 32.1 Å². The molecule has 0 aromatic rings. The SMILES string of the molecule is O=C([C@@H]1C[C@@H]2CCCC[C@H]2N1)N1CCN(C[C@@H]2CCOC2)CC1. The average Bonchev–Trinajstić information content (AvgIpc) is 3.24. The molecule has 3 aliphatic heterocycles. The number of nitrogens with zero attached hydrogens (tertiary/aromatic N) is 2. The second kappa shape index (κ2) is 7.08. The van der Waals surface area contributed by atoms with Crippen LogP contribution in [0.4, 0.5) is 0 Å². The van der Waals surface area contributed by atoms with Crippen LogP contribution < -0.4 is 5.32 Å². The number of fused-ring (bicyclic) bond motifs is 1. The highest BCUT2D eigenvalue weighted by Gasteiger charge is 2.40. The van der Waals surface area contributed by atoms with Crippen molar-refractivity contribution in [3.63, 3.8) is 0 Å². The number of rotatable bonds is 3. The summed E-state index contributed by atoms with van der Waals surface area (Å²) in [6.07, 6.45) is 7.55. The highest BCUT2D eigenvalue weighted by Crippen LogP contribution is 2.33. The molecule has 23 heavy (non-hydrogen) atoms. The third-order valence-corrected chi connectivity index (χ3v) is 6.39. The normalized spacial score (nSPS) is 38.7. The molecule has 5 nitrogen and oxygen atoms in total. The van der Waals surface area contributed by atoms with Gasteiger partial charge in [0.2, 0.25) is 5.91 Å². The highest BCUT2D eigenvalue weighted by atomic mass is 16.5. The number of ether oxygens (including phenoxy) is 1. The first kappa shape index (κ1) is 15.9. The van der Waals surface area contributed by atoms with Crippen LogP contribution in [-0.4, -0.2) is 73.7 Å². The fraction of sp³-hybridized carbons (Fsp3) is 0.944. The zero-order chi connectivity index (χ0) is 15.6. The van der Waals surface area contributed by atoms with Crippen molar-refractivity contribution in [3.05, 3.63) is 0 Å². The summed E-state index contributed by atoms with van der Waals surface area (Å²) in [7, 11) is 0. The van der Waals surface area contributed by atoms with Crippen LogP contribution in [0.25, 0.3) is 0 Å². The van der Waals surface area contributed by atoms with E-state index in [-0.39, 0.29) is 6.04 Å². The van der Waals surface area contributed by atoms with Crippen LogP contribution in [0.5, 0.6) is 0 Å². The van der Waals surface area contributed by atoms with Crippen molar-refractivity contribution in [2.75, 3.05) is 45.9 Å². The van der Waals surface area contributed by atoms with Crippen LogP contribution in [0.2, 0.25) is 0 Å². The van der Waals surface area contributed by atoms with Crippen LogP contribution in [0.1, 0.15) is 38.5 Å². The van der Waals surface area contributed by atoms with Gasteiger partial charge in [-0.25, -0.2) is 0 Å². The van der Waals surface area contributed by atoms with Gasteiger partial charge in [-0.15, -0.1) is 0 Å². The average molecular weight is 321 g/mol. The van der Waals surface area contributed by atoms with Crippen molar-refractivity contribution in [1.29, 1.82) is 0 Å². The lowest BCUT2D eigenvalue weighted by atomic mass is 9.85. The first-order valence-electron chi connectivity index (χ1n) is 9.64. The van der Waals surface area contributed by atoms with Gasteiger partial charge in [0.05, 0.1) is 12.6 Å². The molecule has 4 rings (SSSR count). The summed E-state index contributed by atoms with van der Waals surface area (Å²) in [5, 5.41) is 3.64. The minimum absolute atomic E-state index is 0.0953. The fourth-order valence-corrected chi connectivity index (χ4v) is 4.97. The number of carbonyl (C=O) groups is 1. The molecule has 5 heteroatoms. The standard InChI is InChI=1S/C18H31N3O2/c22-18(17-11-15-3-1-2-4-16(15)19-17)21-8-6-20(7-9-21)12-14-5-10-23-13-14/h14-17,19H,1-13H2/t14-,15-,16+,17-/m0/s1. The predicted octanol–water partition coefficient (Wildman–Crippen LogP) is 1.09. The monoisotopic (exact) mass is 321 g/mol. The summed E-state index contributed by atoms with van der Waals surface area (Å²) in [5.41, 5.74) is 0. The van der Waals surface area contributed by atoms with Gasteiger partial charge in [0.25, 0.3) is 0 Å². The summed E-state index contributed by atoms with van der Waals surface area (Å²) in [6.45, 7) is 6.87. The molecule has 0 aromatic carbocycles. The van der Waals surface area contributed by atoms with E-state index in [2.05, 4.69) is 15.1 Å². The quantitative estimate of drug-likeness (QED) is 0.845. The van der Waals surface area contributed by atoms with Gasteiger partial charge in [-0.05, 0) is 37.5 Å². The van der Waals surface area contributed by atoms with Gasteiger partial charge in [0.15, 0.2) is 0 Å². The second-order valence-corrected chi connectivity index (χ2v) is 7.96. The van der Waals surface area contributed by atoms with Crippen molar-refractivity contribution in [2.45, 2.75) is 50.6 Å². The van der Waals surface area contributed by atoms with E-state index in [4.69, 9.17) is 4.74 Å². The topological polar surface area (TPSA) is 44.8 Å². The molecule has 4 aliphatic rings. The number of amides is 1. The van der Waals surface area contributed by atoms with Crippen LogP contribution in [0.3, 0.4) is 0 Å². The Labute approximate surface area is 139 Å². The number of nitrogens with one attached hydrogen (secondary N) is 1. The summed E-state index contributed by atoms with van der Waals surface area (Å²) >= 11 is 0. The maximum atomic E-state index is 12.8. The maximum absolute atomic E-state index is 12.8. The van der Waals surface area contributed by atoms with Crippen LogP contribution >= 0.6 is 0 Å². The van der Waals surface area contributed by atoms with Crippen molar-refractivity contribution >= 4 is 5.91 Å². The van der Waals surface area contributed by atoms with Crippen LogP contribution in [0, 0.1) is 11.8 Å². The van der Waals surface area contributed by atoms with E-state index in [9.17, 15) is 4.79 Å². The van der Waals surface area contributed by atoms with Gasteiger partial charge >= 0.3 is 0 Å². The van der Waals surface area contributed by atoms with Gasteiger partial charge in [-0.1, -0.05) is 12.8 Å². The lowest BCUT2D eigenvalue weighted by Crippen LogP contribution is -2.54. The lowest BCUT2D eigenvalue weighted by molar-refractivity contribution is -0.135. The summed E-state index contributed by atoms with van der Waals surface area (Å²) in [4.78, 5) is 17.4. The van der Waals surface area contributed by atoms with Crippen molar-refractivity contribution in [2.24, 2.45) is 11.8 Å². The zero-order valence-electron chi connectivity index (χ0n) is 14.2. The molecular formula is C18H31N3O2. The molecule has 130 valence electrons. The lowest BCUT2D eigenvalue weighted by Gasteiger charge is -2.36. The molecule has 1 amide bonds. The summed E-state index contributed by atoms with van der Waals surface area (Å²) < 4.78 is 5.47. The van der Waals surface area contributed by atoms with Crippen molar-refractivity contribution < 1.29 is 9.53 Å². The Morgan fingerprint density at radius 1 is 1.09 bits per heavy atom. The molecule has 0 aromatic heterocycles. The molecule has 0 spiro atoms. The van der Waals surface area contributed by atoms with E-state index in [1.54, 1.807) is 0 Å². The molecule has 4 atom stereocenters. The zero-order valence-corrected chi connectivity index (χ0v) is 14.2. The Balaban J connectivity index is 1.24. The molecule has 3 heterocycles. The van der Waals surface area contributed by atoms with Crippen LogP contribution in [-0.2, 0) is 9.53 Å². The maximum Gasteiger partial charge on any atom is 0.239 e. The second-order valence-electron chi connectivity index (χ2n) is 7.96. The molecule has 1 saturated carbocycles. The number of piperazine rings is 1. The molecule has 0 radical (unpaired) electrons. The Morgan fingerprint density at radius 3 is 2.65 bits per heavy atom. The number of hydrogen-bond acceptors (Lipinski definition) is 4. The van der Waals surface area contributed by atoms with Crippen LogP contribution in [0.15, 0.2) is 0 Å². The highest BCUT2D eigenvalue weighted by molar-refractivity contribution is 5.82. The number of hydrogen-bond donors (Lipinski definition) is 1. The van der Waals surface area contributed by atoms with E-state index in [0.717, 1.165) is 58.3 Å². The minimum Gasteiger partial charge on any atom is -0.381 e. The van der Waals surface area contributed by atoms with Crippen molar-refractivity contribution in [3.8, 4) is 0 Å². The largest absolute Gasteiger partial charge is 0.381 e. The van der Waals surface area contributed by atoms with Gasteiger partial charge in [0.1, 0.15) is 0 Å². The van der Waals surface area contributed by atoms with E-state index in [1.807, 2.05) is 0 Å². The predicted molar refractivity (Wildman–Crippen MR) is 89.2 cm³/mol. The van der Waals surface area contributed by atoms with E-state index < -0.39 is 0 Å². The molecule has 1 aliphatic carbocycles. The summed E-state index contributed by atoms with van der Waals surface area (Å²) in [6, 6.07) is 0.708. The van der Waals surface area contributed by atoms with Gasteiger partial charge < -0.3 is 15.0 Å². The molecule has 3 saturated heterocycles. The third kappa shape index (κ3) is 3.57. The van der Waals surface area contributed by atoms with Gasteiger partial charge in [0, 0.05) is 45.4 Å². The molecule has 0 unspecified atom stereocenters. The first-order valence-corrected chi connectivity index (χ1v) is 9.64. The van der Waals surface area contributed by atoms with Gasteiger partial charge in [-0.2, -0.15) is 0 Å². The Hall–Kier alpha value is -0.650.